The molecule has 1 atom stereocenters. The minimum Gasteiger partial charge on any atom is -0.272 e. The first-order valence-corrected chi connectivity index (χ1v) is 7.33. The number of benzene rings is 1. The van der Waals surface area contributed by atoms with Crippen LogP contribution in [0.1, 0.15) is 37.9 Å². The maximum atomic E-state index is 12.7. The van der Waals surface area contributed by atoms with E-state index in [9.17, 15) is 23.3 Å². The Hall–Kier alpha value is -2.38. The minimum atomic E-state index is -4.48. The maximum absolute atomic E-state index is 12.7. The second-order valence-electron chi connectivity index (χ2n) is 6.69. The van der Waals surface area contributed by atoms with E-state index in [2.05, 4.69) is 5.10 Å². The molecule has 8 heteroatoms. The van der Waals surface area contributed by atoms with E-state index in [0.717, 1.165) is 11.6 Å². The van der Waals surface area contributed by atoms with Gasteiger partial charge in [0.15, 0.2) is 5.69 Å². The zero-order chi connectivity index (χ0) is 18.1. The Morgan fingerprint density at radius 3 is 2.17 bits per heavy atom. The highest BCUT2D eigenvalue weighted by molar-refractivity contribution is 5.35. The molecule has 0 amide bonds. The van der Waals surface area contributed by atoms with Gasteiger partial charge in [0.1, 0.15) is 0 Å². The molecule has 2 aromatic rings. The topological polar surface area (TPSA) is 61.0 Å². The van der Waals surface area contributed by atoms with Gasteiger partial charge in [-0.3, -0.25) is 14.8 Å². The van der Waals surface area contributed by atoms with Crippen molar-refractivity contribution in [3.63, 3.8) is 0 Å². The Balaban J connectivity index is 2.29. The highest BCUT2D eigenvalue weighted by atomic mass is 19.4. The van der Waals surface area contributed by atoms with Crippen molar-refractivity contribution < 1.29 is 18.1 Å². The van der Waals surface area contributed by atoms with Gasteiger partial charge in [0.2, 0.25) is 0 Å². The van der Waals surface area contributed by atoms with Crippen molar-refractivity contribution in [2.45, 2.75) is 39.4 Å². The highest BCUT2D eigenvalue weighted by Crippen LogP contribution is 2.37. The van der Waals surface area contributed by atoms with Crippen molar-refractivity contribution >= 4 is 5.69 Å². The molecule has 0 saturated carbocycles. The Bertz CT molecular complexity index is 715. The van der Waals surface area contributed by atoms with Crippen molar-refractivity contribution in [3.8, 4) is 0 Å². The molecule has 0 N–H and O–H groups in total. The van der Waals surface area contributed by atoms with Crippen LogP contribution < -0.4 is 0 Å². The molecular weight excluding hydrogens is 323 g/mol. The zero-order valence-corrected chi connectivity index (χ0v) is 13.5. The van der Waals surface area contributed by atoms with Crippen molar-refractivity contribution in [2.75, 3.05) is 0 Å². The van der Waals surface area contributed by atoms with Crippen LogP contribution >= 0.6 is 0 Å². The van der Waals surface area contributed by atoms with Crippen molar-refractivity contribution in [3.05, 3.63) is 57.9 Å². The van der Waals surface area contributed by atoms with Gasteiger partial charge in [-0.2, -0.15) is 18.3 Å². The van der Waals surface area contributed by atoms with Crippen molar-refractivity contribution in [2.24, 2.45) is 5.41 Å². The normalized spacial score (nSPS) is 13.8. The molecule has 24 heavy (non-hydrogen) atoms. The quantitative estimate of drug-likeness (QED) is 0.601. The number of nitro benzene ring substituents is 1. The van der Waals surface area contributed by atoms with E-state index in [0.29, 0.717) is 0 Å². The fourth-order valence-electron chi connectivity index (χ4n) is 2.51. The molecule has 0 spiro atoms. The molecule has 0 bridgehead atoms. The molecule has 0 fully saturated rings. The molecule has 5 nitrogen and oxygen atoms in total. The molecule has 1 aromatic carbocycles. The Kier molecular flexibility index (Phi) is 4.68. The van der Waals surface area contributed by atoms with Crippen LogP contribution in [0.4, 0.5) is 18.9 Å². The molecule has 0 aliphatic heterocycles. The molecule has 130 valence electrons. The summed E-state index contributed by atoms with van der Waals surface area (Å²) in [6, 6.07) is 7.02. The molecule has 0 radical (unpaired) electrons. The third kappa shape index (κ3) is 4.12. The summed E-state index contributed by atoms with van der Waals surface area (Å²) >= 11 is 0. The zero-order valence-electron chi connectivity index (χ0n) is 13.5. The van der Waals surface area contributed by atoms with Gasteiger partial charge in [0.25, 0.3) is 5.69 Å². The smallest absolute Gasteiger partial charge is 0.272 e. The monoisotopic (exact) mass is 341 g/mol. The summed E-state index contributed by atoms with van der Waals surface area (Å²) in [5.74, 6) is -0.153. The van der Waals surface area contributed by atoms with Gasteiger partial charge in [-0.15, -0.1) is 0 Å². The number of halogens is 3. The van der Waals surface area contributed by atoms with Crippen molar-refractivity contribution in [1.82, 2.24) is 9.78 Å². The molecule has 1 unspecified atom stereocenters. The lowest BCUT2D eigenvalue weighted by atomic mass is 9.76. The summed E-state index contributed by atoms with van der Waals surface area (Å²) in [6.45, 7) is 6.14. The Labute approximate surface area is 137 Å². The number of hydrogen-bond donors (Lipinski definition) is 0. The van der Waals surface area contributed by atoms with E-state index in [1.54, 1.807) is 12.1 Å². The minimum absolute atomic E-state index is 0.0233. The third-order valence-corrected chi connectivity index (χ3v) is 3.85. The van der Waals surface area contributed by atoms with Gasteiger partial charge in [-0.1, -0.05) is 32.9 Å². The summed E-state index contributed by atoms with van der Waals surface area (Å²) < 4.78 is 39.3. The van der Waals surface area contributed by atoms with Crippen LogP contribution in [0, 0.1) is 15.5 Å². The second kappa shape index (κ2) is 6.26. The van der Waals surface area contributed by atoms with Crippen LogP contribution in [0.5, 0.6) is 0 Å². The average Bonchev–Trinajstić information content (AvgIpc) is 2.92. The molecule has 1 heterocycles. The van der Waals surface area contributed by atoms with Crippen LogP contribution in [-0.2, 0) is 12.7 Å². The lowest BCUT2D eigenvalue weighted by Crippen LogP contribution is -2.24. The summed E-state index contributed by atoms with van der Waals surface area (Å²) in [7, 11) is 0. The molecule has 2 rings (SSSR count). The fourth-order valence-corrected chi connectivity index (χ4v) is 2.51. The van der Waals surface area contributed by atoms with Gasteiger partial charge in [0.05, 0.1) is 4.92 Å². The van der Waals surface area contributed by atoms with Crippen molar-refractivity contribution in [1.29, 1.82) is 0 Å². The number of rotatable bonds is 4. The van der Waals surface area contributed by atoms with Gasteiger partial charge in [0, 0.05) is 30.8 Å². The lowest BCUT2D eigenvalue weighted by Gasteiger charge is -2.31. The first-order valence-electron chi connectivity index (χ1n) is 7.33. The predicted octanol–water partition coefficient (Wildman–Crippen LogP) is 4.64. The largest absolute Gasteiger partial charge is 0.435 e. The molecule has 0 saturated heterocycles. The van der Waals surface area contributed by atoms with Gasteiger partial charge >= 0.3 is 6.18 Å². The Morgan fingerprint density at radius 1 is 1.17 bits per heavy atom. The summed E-state index contributed by atoms with van der Waals surface area (Å²) in [5, 5.41) is 14.3. The van der Waals surface area contributed by atoms with E-state index in [1.807, 2.05) is 20.8 Å². The number of hydrogen-bond acceptors (Lipinski definition) is 3. The van der Waals surface area contributed by atoms with Crippen LogP contribution in [0.15, 0.2) is 36.5 Å². The van der Waals surface area contributed by atoms with Crippen LogP contribution in [0.2, 0.25) is 0 Å². The van der Waals surface area contributed by atoms with Crippen LogP contribution in [-0.4, -0.2) is 14.7 Å². The molecular formula is C16H18F3N3O2. The fraction of sp³-hybridized carbons (Fsp3) is 0.438. The second-order valence-corrected chi connectivity index (χ2v) is 6.69. The van der Waals surface area contributed by atoms with E-state index in [-0.39, 0.29) is 23.6 Å². The van der Waals surface area contributed by atoms with Gasteiger partial charge in [-0.25, -0.2) is 0 Å². The summed E-state index contributed by atoms with van der Waals surface area (Å²) in [4.78, 5) is 10.3. The van der Waals surface area contributed by atoms with Crippen LogP contribution in [0.3, 0.4) is 0 Å². The standard InChI is InChI=1S/C16H18F3N3O2/c1-15(2,3)13(11-4-6-12(7-5-11)22(23)24)10-21-9-8-14(20-21)16(17,18)19/h4-9,13H,10H2,1-3H3. The first-order chi connectivity index (χ1) is 11.0. The average molecular weight is 341 g/mol. The first kappa shape index (κ1) is 18.0. The van der Waals surface area contributed by atoms with E-state index < -0.39 is 16.8 Å². The van der Waals surface area contributed by atoms with Gasteiger partial charge in [-0.05, 0) is 17.0 Å². The maximum Gasteiger partial charge on any atom is 0.435 e. The number of alkyl halides is 3. The van der Waals surface area contributed by atoms with E-state index in [1.165, 1.54) is 23.0 Å². The Morgan fingerprint density at radius 2 is 1.75 bits per heavy atom. The SMILES string of the molecule is CC(C)(C)C(Cn1ccc(C(F)(F)F)n1)c1ccc([N+](=O)[O-])cc1. The number of aromatic nitrogens is 2. The third-order valence-electron chi connectivity index (χ3n) is 3.85. The number of non-ortho nitro benzene ring substituents is 1. The highest BCUT2D eigenvalue weighted by Gasteiger charge is 2.34. The predicted molar refractivity (Wildman–Crippen MR) is 82.5 cm³/mol. The van der Waals surface area contributed by atoms with Crippen LogP contribution in [0.25, 0.3) is 0 Å². The van der Waals surface area contributed by atoms with Gasteiger partial charge < -0.3 is 0 Å². The summed E-state index contributed by atoms with van der Waals surface area (Å²) in [5.41, 5.74) is -0.401. The van der Waals surface area contributed by atoms with E-state index >= 15 is 0 Å². The number of nitro groups is 1. The molecule has 0 aliphatic rings. The molecule has 0 aliphatic carbocycles. The lowest BCUT2D eigenvalue weighted by molar-refractivity contribution is -0.384. The summed E-state index contributed by atoms with van der Waals surface area (Å²) in [6.07, 6.45) is -3.18. The number of nitrogens with zero attached hydrogens (tertiary/aromatic N) is 3. The van der Waals surface area contributed by atoms with E-state index in [4.69, 9.17) is 0 Å². The molecule has 1 aromatic heterocycles.